The van der Waals surface area contributed by atoms with E-state index in [9.17, 15) is 5.11 Å². The van der Waals surface area contributed by atoms with Crippen molar-refractivity contribution >= 4 is 0 Å². The van der Waals surface area contributed by atoms with Crippen LogP contribution in [-0.2, 0) is 0 Å². The number of phenols is 1. The Labute approximate surface area is 83.5 Å². The average molecular weight is 186 g/mol. The van der Waals surface area contributed by atoms with Crippen molar-refractivity contribution in [3.8, 4) is 35.4 Å². The Morgan fingerprint density at radius 2 is 2.07 bits per heavy atom. The first-order valence-electron chi connectivity index (χ1n) is 4.12. The summed E-state index contributed by atoms with van der Waals surface area (Å²) in [5, 5.41) is 9.24. The molecule has 70 valence electrons. The summed E-state index contributed by atoms with van der Waals surface area (Å²) in [6.07, 6.45) is 2.44. The van der Waals surface area contributed by atoms with Gasteiger partial charge in [0.1, 0.15) is 17.6 Å². The molecule has 2 heteroatoms. The van der Waals surface area contributed by atoms with Crippen LogP contribution in [-0.4, -0.2) is 5.11 Å². The van der Waals surface area contributed by atoms with Gasteiger partial charge in [0, 0.05) is 5.92 Å². The zero-order valence-corrected chi connectivity index (χ0v) is 8.09. The second kappa shape index (κ2) is 4.84. The third-order valence-corrected chi connectivity index (χ3v) is 1.58. The van der Waals surface area contributed by atoms with Crippen molar-refractivity contribution < 1.29 is 9.84 Å². The predicted octanol–water partition coefficient (Wildman–Crippen LogP) is 2.06. The van der Waals surface area contributed by atoms with Crippen LogP contribution < -0.4 is 4.74 Å². The molecule has 0 aliphatic carbocycles. The fraction of sp³-hybridized carbons (Fsp3) is 0.167. The molecule has 0 atom stereocenters. The van der Waals surface area contributed by atoms with Gasteiger partial charge < -0.3 is 9.84 Å². The topological polar surface area (TPSA) is 29.5 Å². The maximum Gasteiger partial charge on any atom is 0.140 e. The first-order valence-corrected chi connectivity index (χ1v) is 4.12. The number of rotatable bonds is 1. The van der Waals surface area contributed by atoms with Crippen LogP contribution in [0.3, 0.4) is 0 Å². The van der Waals surface area contributed by atoms with Crippen LogP contribution in [0.1, 0.15) is 12.5 Å². The van der Waals surface area contributed by atoms with Crippen molar-refractivity contribution in [3.63, 3.8) is 0 Å². The largest absolute Gasteiger partial charge is 0.508 e. The maximum atomic E-state index is 9.24. The van der Waals surface area contributed by atoms with Gasteiger partial charge >= 0.3 is 0 Å². The summed E-state index contributed by atoms with van der Waals surface area (Å²) in [6.45, 7) is 3.50. The Balaban J connectivity index is 2.73. The van der Waals surface area contributed by atoms with E-state index in [-0.39, 0.29) is 5.75 Å². The molecular formula is C12H10O2. The molecule has 0 fully saturated rings. The van der Waals surface area contributed by atoms with E-state index in [4.69, 9.17) is 4.74 Å². The minimum Gasteiger partial charge on any atom is -0.508 e. The average Bonchev–Trinajstić information content (AvgIpc) is 2.18. The van der Waals surface area contributed by atoms with Gasteiger partial charge in [0.05, 0.1) is 0 Å². The second-order valence-electron chi connectivity index (χ2n) is 2.65. The molecule has 1 rings (SSSR count). The van der Waals surface area contributed by atoms with Gasteiger partial charge in [-0.1, -0.05) is 5.92 Å². The lowest BCUT2D eigenvalue weighted by molar-refractivity contribution is 0.466. The molecule has 1 N–H and O–H groups in total. The van der Waals surface area contributed by atoms with Crippen LogP contribution in [0.15, 0.2) is 18.2 Å². The molecule has 1 aromatic carbocycles. The van der Waals surface area contributed by atoms with Crippen molar-refractivity contribution in [2.24, 2.45) is 0 Å². The number of hydrogen-bond acceptors (Lipinski definition) is 2. The van der Waals surface area contributed by atoms with Crippen LogP contribution in [0.25, 0.3) is 0 Å². The number of aromatic hydroxyl groups is 1. The summed E-state index contributed by atoms with van der Waals surface area (Å²) < 4.78 is 5.07. The Morgan fingerprint density at radius 3 is 2.71 bits per heavy atom. The first-order chi connectivity index (χ1) is 6.74. The van der Waals surface area contributed by atoms with E-state index in [1.807, 2.05) is 0 Å². The van der Waals surface area contributed by atoms with Gasteiger partial charge in [0.25, 0.3) is 0 Å². The zero-order chi connectivity index (χ0) is 10.4. The van der Waals surface area contributed by atoms with Crippen LogP contribution in [0.2, 0.25) is 0 Å². The van der Waals surface area contributed by atoms with Crippen molar-refractivity contribution in [1.82, 2.24) is 0 Å². The summed E-state index contributed by atoms with van der Waals surface area (Å²) in [5.41, 5.74) is 0.755. The standard InChI is InChI=1S/C12H10O2/c1-3-4-5-8-14-11-6-7-12(13)10(2)9-11/h6-7,9,13H,1-2H3. The maximum absolute atomic E-state index is 9.24. The Morgan fingerprint density at radius 1 is 1.29 bits per heavy atom. The molecule has 0 radical (unpaired) electrons. The smallest absolute Gasteiger partial charge is 0.140 e. The SMILES string of the molecule is CC#CC#COc1ccc(O)c(C)c1. The number of phenolic OH excluding ortho intramolecular Hbond substituents is 1. The number of hydrogen-bond donors (Lipinski definition) is 1. The number of ether oxygens (including phenoxy) is 1. The van der Waals surface area contributed by atoms with Gasteiger partial charge in [-0.05, 0) is 43.5 Å². The Bertz CT molecular complexity index is 439. The molecule has 0 saturated heterocycles. The van der Waals surface area contributed by atoms with Crippen LogP contribution in [0.4, 0.5) is 0 Å². The van der Waals surface area contributed by atoms with E-state index in [0.717, 1.165) is 5.56 Å². The molecule has 0 saturated carbocycles. The summed E-state index contributed by atoms with van der Waals surface area (Å²) in [4.78, 5) is 0. The highest BCUT2D eigenvalue weighted by Crippen LogP contribution is 2.21. The van der Waals surface area contributed by atoms with Gasteiger partial charge in [0.15, 0.2) is 0 Å². The fourth-order valence-electron chi connectivity index (χ4n) is 0.864. The third kappa shape index (κ3) is 2.77. The minimum absolute atomic E-state index is 0.249. The summed E-state index contributed by atoms with van der Waals surface area (Å²) in [6, 6.07) is 4.93. The van der Waals surface area contributed by atoms with Crippen LogP contribution in [0, 0.1) is 30.8 Å². The predicted molar refractivity (Wildman–Crippen MR) is 54.7 cm³/mol. The molecule has 0 amide bonds. The van der Waals surface area contributed by atoms with Crippen molar-refractivity contribution in [2.45, 2.75) is 13.8 Å². The second-order valence-corrected chi connectivity index (χ2v) is 2.65. The molecule has 0 unspecified atom stereocenters. The molecule has 0 bridgehead atoms. The number of aryl methyl sites for hydroxylation is 1. The van der Waals surface area contributed by atoms with Crippen molar-refractivity contribution in [1.29, 1.82) is 0 Å². The lowest BCUT2D eigenvalue weighted by Crippen LogP contribution is -1.83. The number of benzene rings is 1. The van der Waals surface area contributed by atoms with E-state index in [1.165, 1.54) is 0 Å². The zero-order valence-electron chi connectivity index (χ0n) is 8.09. The summed E-state index contributed by atoms with van der Waals surface area (Å²) >= 11 is 0. The molecule has 0 aliphatic rings. The van der Waals surface area contributed by atoms with E-state index < -0.39 is 0 Å². The molecule has 1 aromatic rings. The molecular weight excluding hydrogens is 176 g/mol. The molecule has 0 heterocycles. The fourth-order valence-corrected chi connectivity index (χ4v) is 0.864. The van der Waals surface area contributed by atoms with E-state index in [0.29, 0.717) is 5.75 Å². The van der Waals surface area contributed by atoms with E-state index in [1.54, 1.807) is 32.0 Å². The van der Waals surface area contributed by atoms with Gasteiger partial charge in [-0.15, -0.1) is 0 Å². The summed E-state index contributed by atoms with van der Waals surface area (Å²) in [5.74, 6) is 8.56. The molecule has 0 aliphatic heterocycles. The third-order valence-electron chi connectivity index (χ3n) is 1.58. The lowest BCUT2D eigenvalue weighted by atomic mass is 10.2. The normalized spacial score (nSPS) is 7.86. The van der Waals surface area contributed by atoms with Crippen LogP contribution in [0.5, 0.6) is 11.5 Å². The molecule has 14 heavy (non-hydrogen) atoms. The van der Waals surface area contributed by atoms with E-state index in [2.05, 4.69) is 23.9 Å². The van der Waals surface area contributed by atoms with Gasteiger partial charge in [-0.25, -0.2) is 0 Å². The highest BCUT2D eigenvalue weighted by Gasteiger charge is 1.97. The molecule has 0 aromatic heterocycles. The summed E-state index contributed by atoms with van der Waals surface area (Å²) in [7, 11) is 0. The van der Waals surface area contributed by atoms with Gasteiger partial charge in [0.2, 0.25) is 0 Å². The first kappa shape index (κ1) is 10.0. The Kier molecular flexibility index (Phi) is 3.47. The van der Waals surface area contributed by atoms with Gasteiger partial charge in [-0.2, -0.15) is 0 Å². The van der Waals surface area contributed by atoms with E-state index >= 15 is 0 Å². The monoisotopic (exact) mass is 186 g/mol. The van der Waals surface area contributed by atoms with Crippen LogP contribution >= 0.6 is 0 Å². The minimum atomic E-state index is 0.249. The highest BCUT2D eigenvalue weighted by molar-refractivity contribution is 5.39. The van der Waals surface area contributed by atoms with Gasteiger partial charge in [-0.3, -0.25) is 0 Å². The lowest BCUT2D eigenvalue weighted by Gasteiger charge is -2.00. The molecule has 0 spiro atoms. The Hall–Kier alpha value is -2.06. The molecule has 2 nitrogen and oxygen atoms in total. The quantitative estimate of drug-likeness (QED) is 0.680. The highest BCUT2D eigenvalue weighted by atomic mass is 16.5. The van der Waals surface area contributed by atoms with Crippen molar-refractivity contribution in [3.05, 3.63) is 23.8 Å². The van der Waals surface area contributed by atoms with Crippen molar-refractivity contribution in [2.75, 3.05) is 0 Å².